The second kappa shape index (κ2) is 5.43. The third kappa shape index (κ3) is 2.42. The molecule has 0 aliphatic heterocycles. The Kier molecular flexibility index (Phi) is 3.48. The minimum Gasteiger partial charge on any atom is -0.497 e. The second-order valence-corrected chi connectivity index (χ2v) is 4.67. The molecule has 0 atom stereocenters. The van der Waals surface area contributed by atoms with Gasteiger partial charge in [-0.05, 0) is 36.4 Å². The summed E-state index contributed by atoms with van der Waals surface area (Å²) in [6.45, 7) is 0.424. The minimum absolute atomic E-state index is 0.424. The average molecular weight is 289 g/mol. The molecule has 2 heterocycles. The molecule has 3 aromatic rings. The van der Waals surface area contributed by atoms with Gasteiger partial charge in [0.25, 0.3) is 0 Å². The lowest BCUT2D eigenvalue weighted by atomic mass is 10.3. The first-order chi connectivity index (χ1) is 9.78. The molecule has 4 nitrogen and oxygen atoms in total. The zero-order valence-electron chi connectivity index (χ0n) is 10.9. The second-order valence-electron chi connectivity index (χ2n) is 4.26. The lowest BCUT2D eigenvalue weighted by Crippen LogP contribution is -1.99. The Balaban J connectivity index is 1.78. The van der Waals surface area contributed by atoms with E-state index in [4.69, 9.17) is 21.1 Å². The number of halogens is 1. The van der Waals surface area contributed by atoms with Crippen molar-refractivity contribution in [2.24, 2.45) is 0 Å². The first-order valence-corrected chi connectivity index (χ1v) is 6.53. The summed E-state index contributed by atoms with van der Waals surface area (Å²) in [6.07, 6.45) is 3.69. The van der Waals surface area contributed by atoms with Gasteiger partial charge in [0.1, 0.15) is 18.1 Å². The fourth-order valence-electron chi connectivity index (χ4n) is 1.96. The highest BCUT2D eigenvalue weighted by atomic mass is 35.5. The molecule has 0 aliphatic carbocycles. The van der Waals surface area contributed by atoms with Crippen LogP contribution in [0.1, 0.15) is 5.69 Å². The van der Waals surface area contributed by atoms with Crippen LogP contribution in [0.2, 0.25) is 5.02 Å². The summed E-state index contributed by atoms with van der Waals surface area (Å²) in [6, 6.07) is 11.2. The van der Waals surface area contributed by atoms with E-state index in [1.807, 2.05) is 47.0 Å². The van der Waals surface area contributed by atoms with Crippen LogP contribution in [0, 0.1) is 0 Å². The van der Waals surface area contributed by atoms with Crippen LogP contribution in [0.25, 0.3) is 5.65 Å². The number of rotatable bonds is 4. The quantitative estimate of drug-likeness (QED) is 0.736. The first kappa shape index (κ1) is 12.8. The molecule has 2 aromatic heterocycles. The van der Waals surface area contributed by atoms with Crippen LogP contribution >= 0.6 is 11.6 Å². The zero-order valence-corrected chi connectivity index (χ0v) is 11.7. The average Bonchev–Trinajstić information content (AvgIpc) is 2.90. The van der Waals surface area contributed by atoms with Crippen molar-refractivity contribution < 1.29 is 9.47 Å². The number of imidazole rings is 1. The predicted molar refractivity (Wildman–Crippen MR) is 77.5 cm³/mol. The third-order valence-corrected chi connectivity index (χ3v) is 3.31. The number of ether oxygens (including phenoxy) is 2. The van der Waals surface area contributed by atoms with Crippen molar-refractivity contribution in [3.05, 3.63) is 59.5 Å². The summed E-state index contributed by atoms with van der Waals surface area (Å²) in [7, 11) is 1.64. The van der Waals surface area contributed by atoms with E-state index in [2.05, 4.69) is 4.98 Å². The molecule has 102 valence electrons. The van der Waals surface area contributed by atoms with Crippen LogP contribution in [0.5, 0.6) is 11.5 Å². The van der Waals surface area contributed by atoms with Gasteiger partial charge in [-0.1, -0.05) is 11.6 Å². The minimum atomic E-state index is 0.424. The van der Waals surface area contributed by atoms with Crippen LogP contribution < -0.4 is 9.47 Å². The van der Waals surface area contributed by atoms with E-state index in [0.29, 0.717) is 11.6 Å². The van der Waals surface area contributed by atoms with Gasteiger partial charge in [-0.15, -0.1) is 0 Å². The Morgan fingerprint density at radius 3 is 2.65 bits per heavy atom. The molecule has 0 saturated carbocycles. The SMILES string of the molecule is COc1ccc(OCc2cnc3c(Cl)cccn23)cc1. The molecule has 1 aromatic carbocycles. The van der Waals surface area contributed by atoms with E-state index >= 15 is 0 Å². The maximum absolute atomic E-state index is 6.08. The molecule has 0 saturated heterocycles. The van der Waals surface area contributed by atoms with Crippen LogP contribution in [-0.4, -0.2) is 16.5 Å². The van der Waals surface area contributed by atoms with E-state index in [9.17, 15) is 0 Å². The van der Waals surface area contributed by atoms with Crippen molar-refractivity contribution in [2.75, 3.05) is 7.11 Å². The Morgan fingerprint density at radius 2 is 1.90 bits per heavy atom. The fourth-order valence-corrected chi connectivity index (χ4v) is 2.18. The molecule has 3 rings (SSSR count). The molecule has 20 heavy (non-hydrogen) atoms. The van der Waals surface area contributed by atoms with Crippen molar-refractivity contribution in [3.8, 4) is 11.5 Å². The summed E-state index contributed by atoms with van der Waals surface area (Å²) in [5.74, 6) is 1.58. The highest BCUT2D eigenvalue weighted by Crippen LogP contribution is 2.20. The summed E-state index contributed by atoms with van der Waals surface area (Å²) in [5.41, 5.74) is 1.68. The van der Waals surface area contributed by atoms with Crippen LogP contribution in [0.15, 0.2) is 48.8 Å². The lowest BCUT2D eigenvalue weighted by molar-refractivity contribution is 0.299. The topological polar surface area (TPSA) is 35.8 Å². The number of methoxy groups -OCH3 is 1. The lowest BCUT2D eigenvalue weighted by Gasteiger charge is -2.07. The van der Waals surface area contributed by atoms with Gasteiger partial charge < -0.3 is 9.47 Å². The molecule has 0 unspecified atom stereocenters. The number of hydrogen-bond donors (Lipinski definition) is 0. The Morgan fingerprint density at radius 1 is 1.15 bits per heavy atom. The fraction of sp³-hybridized carbons (Fsp3) is 0.133. The van der Waals surface area contributed by atoms with Crippen LogP contribution in [0.3, 0.4) is 0 Å². The van der Waals surface area contributed by atoms with Gasteiger partial charge in [-0.25, -0.2) is 4.98 Å². The zero-order chi connectivity index (χ0) is 13.9. The maximum atomic E-state index is 6.08. The number of nitrogens with zero attached hydrogens (tertiary/aromatic N) is 2. The maximum Gasteiger partial charge on any atom is 0.155 e. The monoisotopic (exact) mass is 288 g/mol. The Bertz CT molecular complexity index is 722. The molecule has 0 spiro atoms. The van der Waals surface area contributed by atoms with Crippen LogP contribution in [0.4, 0.5) is 0 Å². The molecule has 0 bridgehead atoms. The molecule has 0 radical (unpaired) electrons. The van der Waals surface area contributed by atoms with E-state index in [-0.39, 0.29) is 0 Å². The number of pyridine rings is 1. The van der Waals surface area contributed by atoms with E-state index in [1.165, 1.54) is 0 Å². The summed E-state index contributed by atoms with van der Waals surface area (Å²) in [4.78, 5) is 4.29. The number of fused-ring (bicyclic) bond motifs is 1. The summed E-state index contributed by atoms with van der Waals surface area (Å²) < 4.78 is 12.8. The molecular weight excluding hydrogens is 276 g/mol. The van der Waals surface area contributed by atoms with Gasteiger partial charge in [0.2, 0.25) is 0 Å². The van der Waals surface area contributed by atoms with E-state index in [0.717, 1.165) is 22.8 Å². The van der Waals surface area contributed by atoms with Crippen molar-refractivity contribution in [2.45, 2.75) is 6.61 Å². The Labute approximate surface area is 121 Å². The summed E-state index contributed by atoms with van der Waals surface area (Å²) in [5, 5.41) is 0.628. The molecule has 0 amide bonds. The Hall–Kier alpha value is -2.20. The number of hydrogen-bond acceptors (Lipinski definition) is 3. The van der Waals surface area contributed by atoms with Crippen molar-refractivity contribution in [1.29, 1.82) is 0 Å². The number of benzene rings is 1. The molecule has 0 aliphatic rings. The van der Waals surface area contributed by atoms with Crippen LogP contribution in [-0.2, 0) is 6.61 Å². The smallest absolute Gasteiger partial charge is 0.155 e. The summed E-state index contributed by atoms with van der Waals surface area (Å²) >= 11 is 6.08. The predicted octanol–water partition coefficient (Wildman–Crippen LogP) is 3.58. The van der Waals surface area contributed by atoms with Gasteiger partial charge in [0, 0.05) is 6.20 Å². The van der Waals surface area contributed by atoms with Gasteiger partial charge in [-0.2, -0.15) is 0 Å². The van der Waals surface area contributed by atoms with Gasteiger partial charge >= 0.3 is 0 Å². The normalized spacial score (nSPS) is 10.7. The van der Waals surface area contributed by atoms with E-state index in [1.54, 1.807) is 13.3 Å². The van der Waals surface area contributed by atoms with Gasteiger partial charge in [0.05, 0.1) is 24.0 Å². The number of aromatic nitrogens is 2. The largest absolute Gasteiger partial charge is 0.497 e. The van der Waals surface area contributed by atoms with Crippen molar-refractivity contribution in [3.63, 3.8) is 0 Å². The molecule has 0 N–H and O–H groups in total. The van der Waals surface area contributed by atoms with Crippen molar-refractivity contribution in [1.82, 2.24) is 9.38 Å². The van der Waals surface area contributed by atoms with E-state index < -0.39 is 0 Å². The first-order valence-electron chi connectivity index (χ1n) is 6.15. The van der Waals surface area contributed by atoms with Crippen molar-refractivity contribution >= 4 is 17.2 Å². The molecule has 0 fully saturated rings. The van der Waals surface area contributed by atoms with Gasteiger partial charge in [0.15, 0.2) is 5.65 Å². The molecular formula is C15H13ClN2O2. The highest BCUT2D eigenvalue weighted by molar-refractivity contribution is 6.33. The third-order valence-electron chi connectivity index (χ3n) is 3.01. The highest BCUT2D eigenvalue weighted by Gasteiger charge is 2.06. The van der Waals surface area contributed by atoms with Gasteiger partial charge in [-0.3, -0.25) is 4.40 Å². The standard InChI is InChI=1S/C15H13ClN2O2/c1-19-12-4-6-13(7-5-12)20-10-11-9-17-15-14(16)3-2-8-18(11)15/h2-9H,10H2,1H3. The molecule has 5 heteroatoms.